The summed E-state index contributed by atoms with van der Waals surface area (Å²) in [6.45, 7) is 11.4. The van der Waals surface area contributed by atoms with Crippen molar-refractivity contribution in [2.45, 2.75) is 45.2 Å². The summed E-state index contributed by atoms with van der Waals surface area (Å²) in [4.78, 5) is 4.97. The van der Waals surface area contributed by atoms with Crippen LogP contribution in [-0.4, -0.2) is 61.7 Å². The van der Waals surface area contributed by atoms with Gasteiger partial charge in [-0.05, 0) is 60.4 Å². The molecule has 1 rings (SSSR count). The molecule has 0 bridgehead atoms. The normalized spacial score (nSPS) is 20.6. The summed E-state index contributed by atoms with van der Waals surface area (Å²) in [7, 11) is 4.49. The van der Waals surface area contributed by atoms with E-state index in [9.17, 15) is 0 Å². The molecule has 1 aliphatic heterocycles. The predicted octanol–water partition coefficient (Wildman–Crippen LogP) is 1.40. The fourth-order valence-corrected chi connectivity index (χ4v) is 2.72. The summed E-state index contributed by atoms with van der Waals surface area (Å²) in [5.74, 6) is 0. The number of nitrogens with zero attached hydrogens (tertiary/aromatic N) is 2. The van der Waals surface area contributed by atoms with Crippen LogP contribution in [0.3, 0.4) is 0 Å². The Morgan fingerprint density at radius 2 is 1.88 bits per heavy atom. The molecule has 1 N–H and O–H groups in total. The van der Waals surface area contributed by atoms with Crippen molar-refractivity contribution in [3.05, 3.63) is 0 Å². The van der Waals surface area contributed by atoms with Crippen LogP contribution in [0.25, 0.3) is 0 Å². The molecule has 0 radical (unpaired) electrons. The SMILES string of the molecule is CCNC(C)(C)CN(C)C1CCN(C)CC1. The molecule has 0 amide bonds. The third kappa shape index (κ3) is 4.40. The number of likely N-dealkylation sites (N-methyl/N-ethyl adjacent to an activating group) is 2. The Bertz CT molecular complexity index is 195. The molecule has 0 saturated carbocycles. The smallest absolute Gasteiger partial charge is 0.0252 e. The minimum atomic E-state index is 0.229. The minimum Gasteiger partial charge on any atom is -0.311 e. The van der Waals surface area contributed by atoms with E-state index < -0.39 is 0 Å². The largest absolute Gasteiger partial charge is 0.311 e. The monoisotopic (exact) mass is 227 g/mol. The van der Waals surface area contributed by atoms with Gasteiger partial charge in [0.25, 0.3) is 0 Å². The first-order valence-electron chi connectivity index (χ1n) is 6.58. The molecule has 0 unspecified atom stereocenters. The molecule has 0 spiro atoms. The van der Waals surface area contributed by atoms with Crippen LogP contribution in [0, 0.1) is 0 Å². The number of hydrogen-bond acceptors (Lipinski definition) is 3. The van der Waals surface area contributed by atoms with E-state index in [0.717, 1.165) is 19.1 Å². The van der Waals surface area contributed by atoms with E-state index in [2.05, 4.69) is 50.0 Å². The van der Waals surface area contributed by atoms with E-state index in [0.29, 0.717) is 0 Å². The third-order valence-electron chi connectivity index (χ3n) is 3.61. The zero-order valence-electron chi connectivity index (χ0n) is 11.7. The Labute approximate surface area is 101 Å². The summed E-state index contributed by atoms with van der Waals surface area (Å²) in [6, 6.07) is 0.772. The standard InChI is InChI=1S/C13H29N3/c1-6-14-13(2,3)11-16(5)12-7-9-15(4)10-8-12/h12,14H,6-11H2,1-5H3. The van der Waals surface area contributed by atoms with Gasteiger partial charge in [0, 0.05) is 18.1 Å². The summed E-state index contributed by atoms with van der Waals surface area (Å²) < 4.78 is 0. The Morgan fingerprint density at radius 3 is 2.38 bits per heavy atom. The van der Waals surface area contributed by atoms with Gasteiger partial charge in [0.1, 0.15) is 0 Å². The quantitative estimate of drug-likeness (QED) is 0.766. The number of rotatable bonds is 5. The van der Waals surface area contributed by atoms with E-state index in [-0.39, 0.29) is 5.54 Å². The fourth-order valence-electron chi connectivity index (χ4n) is 2.72. The maximum Gasteiger partial charge on any atom is 0.0252 e. The highest BCUT2D eigenvalue weighted by Crippen LogP contribution is 2.16. The topological polar surface area (TPSA) is 18.5 Å². The second-order valence-electron chi connectivity index (χ2n) is 5.86. The lowest BCUT2D eigenvalue weighted by Gasteiger charge is -2.39. The van der Waals surface area contributed by atoms with Crippen LogP contribution in [0.5, 0.6) is 0 Å². The van der Waals surface area contributed by atoms with Gasteiger partial charge < -0.3 is 15.1 Å². The Morgan fingerprint density at radius 1 is 1.31 bits per heavy atom. The van der Waals surface area contributed by atoms with Crippen molar-refractivity contribution in [2.24, 2.45) is 0 Å². The van der Waals surface area contributed by atoms with Crippen molar-refractivity contribution >= 4 is 0 Å². The van der Waals surface area contributed by atoms with Crippen LogP contribution in [0.1, 0.15) is 33.6 Å². The van der Waals surface area contributed by atoms with Crippen LogP contribution < -0.4 is 5.32 Å². The molecule has 0 aromatic carbocycles. The highest BCUT2D eigenvalue weighted by molar-refractivity contribution is 4.85. The molecule has 3 heteroatoms. The van der Waals surface area contributed by atoms with Gasteiger partial charge in [-0.15, -0.1) is 0 Å². The molecule has 3 nitrogen and oxygen atoms in total. The van der Waals surface area contributed by atoms with Crippen molar-refractivity contribution in [1.29, 1.82) is 0 Å². The van der Waals surface area contributed by atoms with Gasteiger partial charge in [-0.2, -0.15) is 0 Å². The lowest BCUT2D eigenvalue weighted by atomic mass is 10.00. The molecule has 0 aliphatic carbocycles. The van der Waals surface area contributed by atoms with Crippen LogP contribution in [-0.2, 0) is 0 Å². The molecule has 1 saturated heterocycles. The summed E-state index contributed by atoms with van der Waals surface area (Å²) in [5, 5.41) is 3.55. The molecule has 1 heterocycles. The van der Waals surface area contributed by atoms with E-state index in [1.54, 1.807) is 0 Å². The predicted molar refractivity (Wildman–Crippen MR) is 70.9 cm³/mol. The number of likely N-dealkylation sites (tertiary alicyclic amines) is 1. The first kappa shape index (κ1) is 13.9. The van der Waals surface area contributed by atoms with Gasteiger partial charge >= 0.3 is 0 Å². The van der Waals surface area contributed by atoms with Crippen LogP contribution >= 0.6 is 0 Å². The number of hydrogen-bond donors (Lipinski definition) is 1. The number of piperidine rings is 1. The first-order valence-corrected chi connectivity index (χ1v) is 6.58. The van der Waals surface area contributed by atoms with Crippen molar-refractivity contribution in [3.8, 4) is 0 Å². The molecular formula is C13H29N3. The molecular weight excluding hydrogens is 198 g/mol. The second-order valence-corrected chi connectivity index (χ2v) is 5.86. The molecule has 0 atom stereocenters. The lowest BCUT2D eigenvalue weighted by molar-refractivity contribution is 0.119. The van der Waals surface area contributed by atoms with Gasteiger partial charge in [0.2, 0.25) is 0 Å². The zero-order chi connectivity index (χ0) is 12.2. The zero-order valence-corrected chi connectivity index (χ0v) is 11.7. The summed E-state index contributed by atoms with van der Waals surface area (Å²) in [5.41, 5.74) is 0.229. The van der Waals surface area contributed by atoms with Gasteiger partial charge in [-0.3, -0.25) is 0 Å². The van der Waals surface area contributed by atoms with Crippen LogP contribution in [0.15, 0.2) is 0 Å². The van der Waals surface area contributed by atoms with Crippen molar-refractivity contribution in [1.82, 2.24) is 15.1 Å². The highest BCUT2D eigenvalue weighted by atomic mass is 15.2. The van der Waals surface area contributed by atoms with Gasteiger partial charge in [0.05, 0.1) is 0 Å². The van der Waals surface area contributed by atoms with Crippen molar-refractivity contribution < 1.29 is 0 Å². The first-order chi connectivity index (χ1) is 7.44. The van der Waals surface area contributed by atoms with Gasteiger partial charge in [0.15, 0.2) is 0 Å². The molecule has 1 fully saturated rings. The average molecular weight is 227 g/mol. The fraction of sp³-hybridized carbons (Fsp3) is 1.00. The molecule has 1 aliphatic rings. The number of nitrogens with one attached hydrogen (secondary N) is 1. The Kier molecular flexibility index (Phi) is 5.22. The molecule has 96 valence electrons. The van der Waals surface area contributed by atoms with Gasteiger partial charge in [-0.25, -0.2) is 0 Å². The molecule has 16 heavy (non-hydrogen) atoms. The van der Waals surface area contributed by atoms with Crippen molar-refractivity contribution in [2.75, 3.05) is 40.3 Å². The second kappa shape index (κ2) is 5.99. The summed E-state index contributed by atoms with van der Waals surface area (Å²) >= 11 is 0. The van der Waals surface area contributed by atoms with Crippen LogP contribution in [0.2, 0.25) is 0 Å². The van der Waals surface area contributed by atoms with Crippen LogP contribution in [0.4, 0.5) is 0 Å². The highest BCUT2D eigenvalue weighted by Gasteiger charge is 2.25. The minimum absolute atomic E-state index is 0.229. The molecule has 0 aromatic heterocycles. The van der Waals surface area contributed by atoms with E-state index >= 15 is 0 Å². The lowest BCUT2D eigenvalue weighted by Crippen LogP contribution is -2.52. The third-order valence-corrected chi connectivity index (χ3v) is 3.61. The Balaban J connectivity index is 2.36. The van der Waals surface area contributed by atoms with Crippen molar-refractivity contribution in [3.63, 3.8) is 0 Å². The van der Waals surface area contributed by atoms with Gasteiger partial charge in [-0.1, -0.05) is 6.92 Å². The van der Waals surface area contributed by atoms with E-state index in [4.69, 9.17) is 0 Å². The Hall–Kier alpha value is -0.120. The van der Waals surface area contributed by atoms with E-state index in [1.165, 1.54) is 25.9 Å². The van der Waals surface area contributed by atoms with E-state index in [1.807, 2.05) is 0 Å². The average Bonchev–Trinajstić information content (AvgIpc) is 2.17. The molecule has 0 aromatic rings. The maximum absolute atomic E-state index is 3.55. The maximum atomic E-state index is 3.55. The summed E-state index contributed by atoms with van der Waals surface area (Å²) in [6.07, 6.45) is 2.63.